The molecule has 0 N–H and O–H groups in total. The maximum atomic E-state index is 15.4. The first-order valence-corrected chi connectivity index (χ1v) is 19.8. The molecule has 3 nitrogen and oxygen atoms in total. The molecule has 0 amide bonds. The molecular weight excluding hydrogens is 720 g/mol. The molecule has 9 aromatic carbocycles. The lowest BCUT2D eigenvalue weighted by atomic mass is 9.93. The van der Waals surface area contributed by atoms with Gasteiger partial charge in [-0.05, 0) is 113 Å². The highest BCUT2D eigenvalue weighted by atomic mass is 32.1. The number of rotatable bonds is 7. The van der Waals surface area contributed by atoms with Gasteiger partial charge < -0.3 is 14.2 Å². The number of thiophene rings is 1. The van der Waals surface area contributed by atoms with Crippen molar-refractivity contribution in [1.29, 1.82) is 0 Å². The zero-order valence-electron chi connectivity index (χ0n) is 30.6. The van der Waals surface area contributed by atoms with Gasteiger partial charge in [0.25, 0.3) is 0 Å². The fourth-order valence-electron chi connectivity index (χ4n) is 8.36. The van der Waals surface area contributed by atoms with E-state index in [2.05, 4.69) is 174 Å². The minimum absolute atomic E-state index is 0.207. The molecule has 2 aromatic heterocycles. The molecule has 270 valence electrons. The van der Waals surface area contributed by atoms with Crippen LogP contribution in [0.3, 0.4) is 0 Å². The summed E-state index contributed by atoms with van der Waals surface area (Å²) in [5.41, 5.74) is 9.79. The first-order valence-electron chi connectivity index (χ1n) is 19.0. The lowest BCUT2D eigenvalue weighted by molar-refractivity contribution is 0.641. The third kappa shape index (κ3) is 5.63. The van der Waals surface area contributed by atoms with Crippen LogP contribution in [0, 0.1) is 5.82 Å². The molecule has 5 heteroatoms. The molecule has 0 aliphatic carbocycles. The molecule has 57 heavy (non-hydrogen) atoms. The molecule has 0 atom stereocenters. The number of fused-ring (bicyclic) bond motifs is 7. The Morgan fingerprint density at radius 2 is 0.965 bits per heavy atom. The first-order chi connectivity index (χ1) is 28.2. The number of anilines is 6. The summed E-state index contributed by atoms with van der Waals surface area (Å²) >= 11 is 1.62. The topological polar surface area (TPSA) is 19.6 Å². The van der Waals surface area contributed by atoms with Crippen LogP contribution in [0.1, 0.15) is 0 Å². The van der Waals surface area contributed by atoms with Gasteiger partial charge in [-0.25, -0.2) is 4.39 Å². The van der Waals surface area contributed by atoms with E-state index in [1.54, 1.807) is 23.5 Å². The maximum Gasteiger partial charge on any atom is 0.138 e. The van der Waals surface area contributed by atoms with Gasteiger partial charge in [0.1, 0.15) is 17.0 Å². The summed E-state index contributed by atoms with van der Waals surface area (Å²) in [4.78, 5) is 4.54. The van der Waals surface area contributed by atoms with Gasteiger partial charge in [0.15, 0.2) is 0 Å². The van der Waals surface area contributed by atoms with E-state index in [1.807, 2.05) is 24.3 Å². The molecule has 0 saturated heterocycles. The largest absolute Gasteiger partial charge is 0.456 e. The van der Waals surface area contributed by atoms with E-state index in [9.17, 15) is 0 Å². The molecule has 11 rings (SSSR count). The fourth-order valence-corrected chi connectivity index (χ4v) is 9.46. The molecule has 11 aromatic rings. The lowest BCUT2D eigenvalue weighted by Gasteiger charge is -2.26. The third-order valence-corrected chi connectivity index (χ3v) is 12.0. The smallest absolute Gasteiger partial charge is 0.138 e. The summed E-state index contributed by atoms with van der Waals surface area (Å²) in [6.45, 7) is 0. The Kier molecular flexibility index (Phi) is 7.86. The second-order valence-electron chi connectivity index (χ2n) is 14.2. The molecule has 0 bridgehead atoms. The van der Waals surface area contributed by atoms with E-state index in [4.69, 9.17) is 4.42 Å². The Morgan fingerprint density at radius 1 is 0.368 bits per heavy atom. The number of para-hydroxylation sites is 3. The summed E-state index contributed by atoms with van der Waals surface area (Å²) in [6.07, 6.45) is 0. The standard InChI is InChI=1S/C52H33FN2OS/c53-46-24-13-25-50-52(46)45-31-39(27-29-49(45)57-50)55(37-20-8-3-9-21-37)40-32-43(42-23-12-15-34-14-10-11-22-41(34)42)51-44-30-38(26-28-47(44)56-48(51)33-40)54(35-16-4-1-5-17-35)36-18-6-2-7-19-36/h1-33H. The Labute approximate surface area is 332 Å². The van der Waals surface area contributed by atoms with E-state index < -0.39 is 0 Å². The van der Waals surface area contributed by atoms with Crippen molar-refractivity contribution < 1.29 is 8.81 Å². The second-order valence-corrected chi connectivity index (χ2v) is 15.3. The number of nitrogens with zero attached hydrogens (tertiary/aromatic N) is 2. The number of benzene rings is 9. The third-order valence-electron chi connectivity index (χ3n) is 10.9. The molecule has 2 heterocycles. The lowest BCUT2D eigenvalue weighted by Crippen LogP contribution is -2.10. The van der Waals surface area contributed by atoms with Crippen LogP contribution in [-0.2, 0) is 0 Å². The van der Waals surface area contributed by atoms with Crippen LogP contribution in [0.15, 0.2) is 205 Å². The van der Waals surface area contributed by atoms with E-state index >= 15 is 4.39 Å². The van der Waals surface area contributed by atoms with Gasteiger partial charge in [-0.15, -0.1) is 11.3 Å². The number of hydrogen-bond acceptors (Lipinski definition) is 4. The van der Waals surface area contributed by atoms with Crippen LogP contribution in [0.4, 0.5) is 38.5 Å². The molecule has 0 saturated carbocycles. The van der Waals surface area contributed by atoms with Gasteiger partial charge in [-0.2, -0.15) is 0 Å². The first kappa shape index (κ1) is 33.2. The summed E-state index contributed by atoms with van der Waals surface area (Å²) < 4.78 is 24.3. The van der Waals surface area contributed by atoms with Crippen molar-refractivity contribution >= 4 is 98.3 Å². The monoisotopic (exact) mass is 752 g/mol. The minimum atomic E-state index is -0.207. The number of halogens is 1. The Bertz CT molecular complexity index is 3220. The van der Waals surface area contributed by atoms with Crippen molar-refractivity contribution in [2.45, 2.75) is 0 Å². The van der Waals surface area contributed by atoms with Crippen LogP contribution < -0.4 is 9.80 Å². The van der Waals surface area contributed by atoms with E-state index in [1.165, 1.54) is 0 Å². The van der Waals surface area contributed by atoms with Crippen molar-refractivity contribution in [3.63, 3.8) is 0 Å². The quantitative estimate of drug-likeness (QED) is 0.162. The van der Waals surface area contributed by atoms with Gasteiger partial charge in [0.2, 0.25) is 0 Å². The van der Waals surface area contributed by atoms with Crippen molar-refractivity contribution in [1.82, 2.24) is 0 Å². The van der Waals surface area contributed by atoms with Gasteiger partial charge >= 0.3 is 0 Å². The normalized spacial score (nSPS) is 11.6. The average molecular weight is 753 g/mol. The number of hydrogen-bond donors (Lipinski definition) is 0. The predicted molar refractivity (Wildman–Crippen MR) is 239 cm³/mol. The zero-order chi connectivity index (χ0) is 37.9. The van der Waals surface area contributed by atoms with Crippen LogP contribution in [0.25, 0.3) is 64.0 Å². The average Bonchev–Trinajstić information content (AvgIpc) is 3.83. The summed E-state index contributed by atoms with van der Waals surface area (Å²) in [5.74, 6) is -0.207. The van der Waals surface area contributed by atoms with Crippen LogP contribution in [0.2, 0.25) is 0 Å². The predicted octanol–water partition coefficient (Wildman–Crippen LogP) is 15.9. The van der Waals surface area contributed by atoms with Crippen molar-refractivity contribution in [3.05, 3.63) is 206 Å². The van der Waals surface area contributed by atoms with Crippen LogP contribution >= 0.6 is 11.3 Å². The SMILES string of the molecule is Fc1cccc2sc3ccc(N(c4ccccc4)c4cc(-c5cccc6ccccc56)c5c(c4)oc4ccc(N(c6ccccc6)c6ccccc6)cc45)cc3c12. The summed E-state index contributed by atoms with van der Waals surface area (Å²) in [6, 6.07) is 69.0. The molecule has 0 spiro atoms. The van der Waals surface area contributed by atoms with Crippen LogP contribution in [0.5, 0.6) is 0 Å². The maximum absolute atomic E-state index is 15.4. The molecule has 0 aliphatic rings. The fraction of sp³-hybridized carbons (Fsp3) is 0. The molecule has 0 unspecified atom stereocenters. The Balaban J connectivity index is 1.19. The van der Waals surface area contributed by atoms with Gasteiger partial charge in [-0.3, -0.25) is 0 Å². The van der Waals surface area contributed by atoms with Gasteiger partial charge in [0, 0.05) is 65.4 Å². The van der Waals surface area contributed by atoms with E-state index in [0.29, 0.717) is 5.39 Å². The highest BCUT2D eigenvalue weighted by Gasteiger charge is 2.23. The van der Waals surface area contributed by atoms with Crippen molar-refractivity contribution in [3.8, 4) is 11.1 Å². The Morgan fingerprint density at radius 3 is 1.68 bits per heavy atom. The molecule has 0 fully saturated rings. The summed E-state index contributed by atoms with van der Waals surface area (Å²) in [7, 11) is 0. The van der Waals surface area contributed by atoms with Crippen LogP contribution in [-0.4, -0.2) is 0 Å². The van der Waals surface area contributed by atoms with E-state index in [0.717, 1.165) is 92.7 Å². The highest BCUT2D eigenvalue weighted by Crippen LogP contribution is 2.47. The second kappa shape index (κ2) is 13.5. The highest BCUT2D eigenvalue weighted by molar-refractivity contribution is 7.25. The molecular formula is C52H33FN2OS. The van der Waals surface area contributed by atoms with Crippen molar-refractivity contribution in [2.75, 3.05) is 9.80 Å². The van der Waals surface area contributed by atoms with Gasteiger partial charge in [-0.1, -0.05) is 103 Å². The zero-order valence-corrected chi connectivity index (χ0v) is 31.5. The van der Waals surface area contributed by atoms with Gasteiger partial charge in [0.05, 0.1) is 5.69 Å². The van der Waals surface area contributed by atoms with E-state index in [-0.39, 0.29) is 5.82 Å². The van der Waals surface area contributed by atoms with Crippen molar-refractivity contribution in [2.24, 2.45) is 0 Å². The molecule has 0 aliphatic heterocycles. The minimum Gasteiger partial charge on any atom is -0.456 e. The number of furan rings is 1. The molecule has 0 radical (unpaired) electrons. The Hall–Kier alpha value is -7.21. The summed E-state index contributed by atoms with van der Waals surface area (Å²) in [5, 5.41) is 5.96.